The molecular weight excluding hydrogens is 538 g/mol. The highest BCUT2D eigenvalue weighted by Crippen LogP contribution is 2.14. The van der Waals surface area contributed by atoms with Gasteiger partial charge in [-0.2, -0.15) is 0 Å². The lowest BCUT2D eigenvalue weighted by molar-refractivity contribution is -0.117. The molecular formula is C32H53N3O7. The number of rotatable bonds is 20. The Kier molecular flexibility index (Phi) is 19.4. The number of nitrogens with one attached hydrogen (secondary N) is 2. The lowest BCUT2D eigenvalue weighted by atomic mass is 10.1. The summed E-state index contributed by atoms with van der Waals surface area (Å²) >= 11 is 0. The van der Waals surface area contributed by atoms with Crippen molar-refractivity contribution >= 4 is 5.91 Å². The Morgan fingerprint density at radius 2 is 1.19 bits per heavy atom. The van der Waals surface area contributed by atoms with Crippen LogP contribution >= 0.6 is 0 Å². The highest BCUT2D eigenvalue weighted by molar-refractivity contribution is 5.76. The number of ether oxygens (including phenoxy) is 4. The molecule has 2 unspecified atom stereocenters. The zero-order valence-electron chi connectivity index (χ0n) is 26.2. The summed E-state index contributed by atoms with van der Waals surface area (Å²) in [4.78, 5) is 10.7. The van der Waals surface area contributed by atoms with Crippen LogP contribution in [0.15, 0.2) is 48.5 Å². The third-order valence-electron chi connectivity index (χ3n) is 5.58. The predicted molar refractivity (Wildman–Crippen MR) is 166 cm³/mol. The van der Waals surface area contributed by atoms with Crippen molar-refractivity contribution in [1.82, 2.24) is 10.6 Å². The van der Waals surface area contributed by atoms with E-state index in [1.807, 2.05) is 65.8 Å². The number of carbonyl (C=O) groups excluding carboxylic acids is 1. The van der Waals surface area contributed by atoms with Crippen molar-refractivity contribution in [1.29, 1.82) is 0 Å². The third-order valence-corrected chi connectivity index (χ3v) is 5.58. The summed E-state index contributed by atoms with van der Waals surface area (Å²) in [7, 11) is 0. The number of carbonyl (C=O) groups is 1. The fourth-order valence-electron chi connectivity index (χ4n) is 3.37. The topological polar surface area (TPSA) is 145 Å². The third kappa shape index (κ3) is 20.2. The van der Waals surface area contributed by atoms with Gasteiger partial charge in [-0.05, 0) is 49.2 Å². The molecule has 0 aromatic heterocycles. The number of primary amides is 1. The monoisotopic (exact) mass is 591 g/mol. The summed E-state index contributed by atoms with van der Waals surface area (Å²) in [6.07, 6.45) is -0.600. The molecule has 0 radical (unpaired) electrons. The van der Waals surface area contributed by atoms with Crippen molar-refractivity contribution in [2.45, 2.75) is 85.0 Å². The molecule has 0 saturated carbocycles. The fraction of sp³-hybridized carbons (Fsp3) is 0.594. The van der Waals surface area contributed by atoms with E-state index in [9.17, 15) is 15.0 Å². The van der Waals surface area contributed by atoms with Crippen molar-refractivity contribution in [2.75, 3.05) is 39.5 Å². The first-order valence-corrected chi connectivity index (χ1v) is 14.7. The second-order valence-electron chi connectivity index (χ2n) is 11.0. The highest BCUT2D eigenvalue weighted by atomic mass is 16.5. The average Bonchev–Trinajstić information content (AvgIpc) is 2.94. The van der Waals surface area contributed by atoms with Gasteiger partial charge in [0.1, 0.15) is 36.9 Å². The van der Waals surface area contributed by atoms with Crippen LogP contribution in [-0.4, -0.2) is 86.0 Å². The van der Waals surface area contributed by atoms with E-state index in [1.165, 1.54) is 0 Å². The first-order valence-electron chi connectivity index (χ1n) is 14.7. The molecule has 0 aliphatic rings. The van der Waals surface area contributed by atoms with Gasteiger partial charge in [-0.3, -0.25) is 4.79 Å². The molecule has 0 spiro atoms. The van der Waals surface area contributed by atoms with Gasteiger partial charge in [-0.25, -0.2) is 0 Å². The lowest BCUT2D eigenvalue weighted by Gasteiger charge is -2.15. The molecule has 1 amide bonds. The van der Waals surface area contributed by atoms with Crippen LogP contribution in [0.5, 0.6) is 11.5 Å². The summed E-state index contributed by atoms with van der Waals surface area (Å²) in [5, 5.41) is 25.8. The Morgan fingerprint density at radius 3 is 1.60 bits per heavy atom. The smallest absolute Gasteiger partial charge is 0.221 e. The first-order chi connectivity index (χ1) is 19.9. The van der Waals surface area contributed by atoms with Gasteiger partial charge in [0.15, 0.2) is 0 Å². The van der Waals surface area contributed by atoms with Crippen LogP contribution in [-0.2, 0) is 27.3 Å². The van der Waals surface area contributed by atoms with Gasteiger partial charge in [0.25, 0.3) is 0 Å². The van der Waals surface area contributed by atoms with Crippen molar-refractivity contribution in [3.8, 4) is 11.5 Å². The average molecular weight is 592 g/mol. The van der Waals surface area contributed by atoms with Crippen LogP contribution in [0, 0.1) is 0 Å². The number of aliphatic hydroxyl groups is 2. The Labute approximate surface area is 251 Å². The van der Waals surface area contributed by atoms with Gasteiger partial charge >= 0.3 is 0 Å². The van der Waals surface area contributed by atoms with Crippen LogP contribution in [0.25, 0.3) is 0 Å². The molecule has 0 fully saturated rings. The molecule has 6 N–H and O–H groups in total. The van der Waals surface area contributed by atoms with Crippen LogP contribution < -0.4 is 25.8 Å². The van der Waals surface area contributed by atoms with Gasteiger partial charge in [-0.15, -0.1) is 0 Å². The Hall–Kier alpha value is -2.73. The first kappa shape index (κ1) is 37.3. The molecule has 10 heteroatoms. The molecule has 0 bridgehead atoms. The summed E-state index contributed by atoms with van der Waals surface area (Å²) < 4.78 is 22.0. The van der Waals surface area contributed by atoms with E-state index in [4.69, 9.17) is 24.7 Å². The number of benzene rings is 2. The zero-order chi connectivity index (χ0) is 31.3. The second kappa shape index (κ2) is 21.9. The molecule has 2 atom stereocenters. The van der Waals surface area contributed by atoms with Crippen LogP contribution in [0.1, 0.15) is 52.7 Å². The molecule has 2 aromatic rings. The van der Waals surface area contributed by atoms with Gasteiger partial charge in [-0.1, -0.05) is 52.0 Å². The molecule has 10 nitrogen and oxygen atoms in total. The quantitative estimate of drug-likeness (QED) is 0.147. The lowest BCUT2D eigenvalue weighted by Crippen LogP contribution is -2.35. The van der Waals surface area contributed by atoms with Crippen molar-refractivity contribution in [2.24, 2.45) is 5.73 Å². The number of amides is 1. The van der Waals surface area contributed by atoms with Gasteiger partial charge in [0.2, 0.25) is 5.91 Å². The van der Waals surface area contributed by atoms with E-state index in [1.54, 1.807) is 24.3 Å². The van der Waals surface area contributed by atoms with Gasteiger partial charge < -0.3 is 45.5 Å². The van der Waals surface area contributed by atoms with Crippen molar-refractivity contribution in [3.63, 3.8) is 0 Å². The molecule has 238 valence electrons. The summed E-state index contributed by atoms with van der Waals surface area (Å²) in [5.74, 6) is 1.06. The largest absolute Gasteiger partial charge is 0.491 e. The molecule has 0 saturated heterocycles. The maximum absolute atomic E-state index is 10.7. The molecule has 2 aromatic carbocycles. The maximum Gasteiger partial charge on any atom is 0.221 e. The Morgan fingerprint density at radius 1 is 0.738 bits per heavy atom. The maximum atomic E-state index is 10.7. The van der Waals surface area contributed by atoms with E-state index in [2.05, 4.69) is 10.6 Å². The highest BCUT2D eigenvalue weighted by Gasteiger charge is 2.07. The van der Waals surface area contributed by atoms with E-state index in [-0.39, 0.29) is 31.6 Å². The van der Waals surface area contributed by atoms with Gasteiger partial charge in [0, 0.05) is 25.2 Å². The fourth-order valence-corrected chi connectivity index (χ4v) is 3.37. The number of hydrogen-bond acceptors (Lipinski definition) is 9. The van der Waals surface area contributed by atoms with Crippen LogP contribution in [0.4, 0.5) is 0 Å². The number of aliphatic hydroxyl groups excluding tert-OH is 2. The minimum absolute atomic E-state index is 0.223. The molecule has 2 rings (SSSR count). The predicted octanol–water partition coefficient (Wildman–Crippen LogP) is 2.82. The van der Waals surface area contributed by atoms with Crippen molar-refractivity contribution < 1.29 is 34.0 Å². The zero-order valence-corrected chi connectivity index (χ0v) is 26.2. The molecule has 42 heavy (non-hydrogen) atoms. The Balaban J connectivity index is 0.000000428. The summed E-state index contributed by atoms with van der Waals surface area (Å²) in [6, 6.07) is 15.5. The van der Waals surface area contributed by atoms with E-state index >= 15 is 0 Å². The van der Waals surface area contributed by atoms with E-state index < -0.39 is 12.2 Å². The van der Waals surface area contributed by atoms with E-state index in [0.29, 0.717) is 50.7 Å². The standard InChI is InChI=1S/C18H31NO4.C14H22N2O3/c1-14(2)19-11-17(20)13-23-18-7-5-16(6-8-18)12-21-9-10-22-15(3)4;1-10(2)16-8-12(17)9-19-13-5-3-11(4-6-13)7-14(15)18/h5-8,14-15,17,19-20H,9-13H2,1-4H3;3-6,10,12,16-17H,7-9H2,1-2H3,(H2,15,18). The number of nitrogens with two attached hydrogens (primary N) is 1. The SMILES string of the molecule is CC(C)NCC(O)COc1ccc(CC(N)=O)cc1.CC(C)NCC(O)COc1ccc(COCCOC(C)C)cc1. The molecule has 0 aliphatic heterocycles. The minimum Gasteiger partial charge on any atom is -0.491 e. The molecule has 0 heterocycles. The molecule has 0 aliphatic carbocycles. The van der Waals surface area contributed by atoms with Gasteiger partial charge in [0.05, 0.1) is 32.3 Å². The Bertz CT molecular complexity index is 954. The summed E-state index contributed by atoms with van der Waals surface area (Å²) in [6.45, 7) is 15.4. The normalized spacial score (nSPS) is 12.6. The number of hydrogen-bond donors (Lipinski definition) is 5. The van der Waals surface area contributed by atoms with Crippen molar-refractivity contribution in [3.05, 3.63) is 59.7 Å². The van der Waals surface area contributed by atoms with Crippen LogP contribution in [0.2, 0.25) is 0 Å². The van der Waals surface area contributed by atoms with Crippen LogP contribution in [0.3, 0.4) is 0 Å². The van der Waals surface area contributed by atoms with E-state index in [0.717, 1.165) is 16.9 Å². The summed E-state index contributed by atoms with van der Waals surface area (Å²) in [5.41, 5.74) is 7.04. The second-order valence-corrected chi connectivity index (χ2v) is 11.0. The minimum atomic E-state index is -0.548.